The number of hydrogen-bond acceptors (Lipinski definition) is 5. The van der Waals surface area contributed by atoms with E-state index < -0.39 is 34.9 Å². The average molecular weight is 433 g/mol. The number of carboxylic acid groups (broad SMARTS) is 3. The number of carbonyl (C=O) groups is 3. The van der Waals surface area contributed by atoms with E-state index in [1.807, 2.05) is 36.9 Å². The van der Waals surface area contributed by atoms with Crippen molar-refractivity contribution in [2.24, 2.45) is 10.8 Å². The summed E-state index contributed by atoms with van der Waals surface area (Å²) >= 11 is 0. The number of carboxylic acids is 3. The molecular weight excluding hydrogens is 411 g/mol. The van der Waals surface area contributed by atoms with Crippen LogP contribution < -0.4 is 4.74 Å². The van der Waals surface area contributed by atoms with Crippen molar-refractivity contribution in [2.75, 3.05) is 26.2 Å². The predicted octanol–water partition coefficient (Wildman–Crippen LogP) is 2.18. The van der Waals surface area contributed by atoms with Crippen LogP contribution in [-0.4, -0.2) is 70.5 Å². The average Bonchev–Trinajstić information content (AvgIpc) is 3.17. The fourth-order valence-corrected chi connectivity index (χ4v) is 3.72. The van der Waals surface area contributed by atoms with Crippen LogP contribution in [0.25, 0.3) is 0 Å². The number of alkyl halides is 3. The third kappa shape index (κ3) is 4.35. The molecule has 0 radical (unpaired) electrons. The molecule has 3 rings (SSSR count). The molecule has 3 N–H and O–H groups in total. The van der Waals surface area contributed by atoms with Gasteiger partial charge in [0.2, 0.25) is 0 Å². The van der Waals surface area contributed by atoms with Crippen molar-refractivity contribution in [3.63, 3.8) is 0 Å². The van der Waals surface area contributed by atoms with Gasteiger partial charge in [-0.2, -0.15) is 13.2 Å². The Labute approximate surface area is 169 Å². The molecule has 0 aromatic heterocycles. The van der Waals surface area contributed by atoms with Crippen molar-refractivity contribution >= 4 is 17.9 Å². The van der Waals surface area contributed by atoms with Gasteiger partial charge in [-0.25, -0.2) is 4.79 Å². The van der Waals surface area contributed by atoms with Gasteiger partial charge < -0.3 is 20.1 Å². The molecule has 1 aromatic carbocycles. The van der Waals surface area contributed by atoms with Crippen molar-refractivity contribution < 1.29 is 47.6 Å². The smallest absolute Gasteiger partial charge is 0.490 e. The largest absolute Gasteiger partial charge is 0.492 e. The van der Waals surface area contributed by atoms with Crippen LogP contribution in [0, 0.1) is 24.7 Å². The van der Waals surface area contributed by atoms with Crippen LogP contribution in [0.2, 0.25) is 0 Å². The number of rotatable bonds is 6. The number of hydrogen-bond donors (Lipinski definition) is 3. The zero-order valence-corrected chi connectivity index (χ0v) is 16.3. The monoisotopic (exact) mass is 433 g/mol. The minimum atomic E-state index is -5.08. The Morgan fingerprint density at radius 3 is 2.00 bits per heavy atom. The Balaban J connectivity index is 0.000000396. The topological polar surface area (TPSA) is 124 Å². The van der Waals surface area contributed by atoms with E-state index >= 15 is 0 Å². The van der Waals surface area contributed by atoms with Crippen LogP contribution in [0.5, 0.6) is 5.75 Å². The molecule has 1 aromatic rings. The Morgan fingerprint density at radius 2 is 1.57 bits per heavy atom. The van der Waals surface area contributed by atoms with Crippen LogP contribution in [0.1, 0.15) is 17.5 Å². The van der Waals surface area contributed by atoms with Gasteiger partial charge in [-0.1, -0.05) is 12.1 Å². The molecule has 1 saturated heterocycles. The van der Waals surface area contributed by atoms with Crippen LogP contribution in [0.15, 0.2) is 18.2 Å². The first-order valence-electron chi connectivity index (χ1n) is 8.95. The lowest BCUT2D eigenvalue weighted by Gasteiger charge is -2.20. The molecule has 8 nitrogen and oxygen atoms in total. The maximum absolute atomic E-state index is 11.5. The Hall–Kier alpha value is -2.82. The number of aliphatic carboxylic acids is 3. The highest BCUT2D eigenvalue weighted by molar-refractivity contribution is 5.94. The highest BCUT2D eigenvalue weighted by atomic mass is 19.4. The summed E-state index contributed by atoms with van der Waals surface area (Å²) < 4.78 is 37.5. The number of aryl methyl sites for hydroxylation is 1. The first-order chi connectivity index (χ1) is 13.8. The minimum absolute atomic E-state index is 0.235. The lowest BCUT2D eigenvalue weighted by molar-refractivity contribution is -0.192. The van der Waals surface area contributed by atoms with Gasteiger partial charge in [0.25, 0.3) is 0 Å². The summed E-state index contributed by atoms with van der Waals surface area (Å²) in [5.41, 5.74) is 0.0104. The summed E-state index contributed by atoms with van der Waals surface area (Å²) in [4.78, 5) is 33.7. The van der Waals surface area contributed by atoms with Gasteiger partial charge in [0, 0.05) is 19.6 Å². The van der Waals surface area contributed by atoms with E-state index in [0.717, 1.165) is 16.9 Å². The molecule has 0 bridgehead atoms. The Bertz CT molecular complexity index is 829. The molecule has 1 saturated carbocycles. The molecule has 11 heteroatoms. The van der Waals surface area contributed by atoms with Crippen molar-refractivity contribution in [3.8, 4) is 5.75 Å². The van der Waals surface area contributed by atoms with Crippen molar-refractivity contribution in [1.29, 1.82) is 0 Å². The normalized spacial score (nSPS) is 25.0. The molecule has 0 amide bonds. The van der Waals surface area contributed by atoms with Crippen molar-refractivity contribution in [1.82, 2.24) is 4.90 Å². The number of fused-ring (bicyclic) bond motifs is 1. The molecule has 0 spiro atoms. The number of piperidine rings is 1. The van der Waals surface area contributed by atoms with Gasteiger partial charge in [-0.3, -0.25) is 14.5 Å². The molecular formula is C19H22F3NO7. The SMILES string of the molecule is Cc1cccc(OCCN2C[C@@]3(C(=O)O)C[C@@]3(C(=O)O)C2)c1C.O=C(O)C(F)(F)F. The predicted molar refractivity (Wildman–Crippen MR) is 96.3 cm³/mol. The van der Waals surface area contributed by atoms with Gasteiger partial charge in [0.1, 0.15) is 12.4 Å². The summed E-state index contributed by atoms with van der Waals surface area (Å²) in [7, 11) is 0. The third-order valence-electron chi connectivity index (χ3n) is 5.66. The summed E-state index contributed by atoms with van der Waals surface area (Å²) in [6.45, 7) is 5.51. The van der Waals surface area contributed by atoms with Gasteiger partial charge in [0.05, 0.1) is 10.8 Å². The fraction of sp³-hybridized carbons (Fsp3) is 0.526. The lowest BCUT2D eigenvalue weighted by atomic mass is 9.97. The molecule has 1 aliphatic carbocycles. The summed E-state index contributed by atoms with van der Waals surface area (Å²) in [6, 6.07) is 5.85. The fourth-order valence-electron chi connectivity index (χ4n) is 3.72. The molecule has 2 atom stereocenters. The molecule has 30 heavy (non-hydrogen) atoms. The van der Waals surface area contributed by atoms with Crippen LogP contribution in [-0.2, 0) is 14.4 Å². The number of ether oxygens (including phenoxy) is 1. The van der Waals surface area contributed by atoms with Gasteiger partial charge in [-0.05, 0) is 37.5 Å². The summed E-state index contributed by atoms with van der Waals surface area (Å²) in [5, 5.41) is 25.9. The number of halogens is 3. The molecule has 1 heterocycles. The maximum Gasteiger partial charge on any atom is 0.490 e. The van der Waals surface area contributed by atoms with Gasteiger partial charge >= 0.3 is 24.1 Å². The number of nitrogens with zero attached hydrogens (tertiary/aromatic N) is 1. The molecule has 2 aliphatic rings. The highest BCUT2D eigenvalue weighted by Gasteiger charge is 2.80. The zero-order chi connectivity index (χ0) is 22.9. The second kappa shape index (κ2) is 8.13. The van der Waals surface area contributed by atoms with Crippen LogP contribution in [0.4, 0.5) is 13.2 Å². The highest BCUT2D eigenvalue weighted by Crippen LogP contribution is 2.68. The van der Waals surface area contributed by atoms with E-state index in [1.165, 1.54) is 0 Å². The van der Waals surface area contributed by atoms with E-state index in [0.29, 0.717) is 13.2 Å². The molecule has 2 fully saturated rings. The van der Waals surface area contributed by atoms with E-state index in [1.54, 1.807) is 0 Å². The van der Waals surface area contributed by atoms with E-state index in [2.05, 4.69) is 0 Å². The van der Waals surface area contributed by atoms with Crippen LogP contribution in [0.3, 0.4) is 0 Å². The Morgan fingerprint density at radius 1 is 1.07 bits per heavy atom. The molecule has 1 aliphatic heterocycles. The zero-order valence-electron chi connectivity index (χ0n) is 16.3. The summed E-state index contributed by atoms with van der Waals surface area (Å²) in [5.74, 6) is -3.95. The van der Waals surface area contributed by atoms with E-state index in [9.17, 15) is 33.0 Å². The van der Waals surface area contributed by atoms with E-state index in [4.69, 9.17) is 14.6 Å². The number of benzene rings is 1. The lowest BCUT2D eigenvalue weighted by Crippen LogP contribution is -2.32. The van der Waals surface area contributed by atoms with Crippen molar-refractivity contribution in [3.05, 3.63) is 29.3 Å². The maximum atomic E-state index is 11.5. The van der Waals surface area contributed by atoms with Crippen LogP contribution >= 0.6 is 0 Å². The summed E-state index contributed by atoms with van der Waals surface area (Å²) in [6.07, 6.45) is -4.85. The molecule has 166 valence electrons. The molecule has 0 unspecified atom stereocenters. The second-order valence-corrected chi connectivity index (χ2v) is 7.51. The minimum Gasteiger partial charge on any atom is -0.492 e. The van der Waals surface area contributed by atoms with Crippen molar-refractivity contribution in [2.45, 2.75) is 26.4 Å². The number of likely N-dealkylation sites (tertiary alicyclic amines) is 1. The van der Waals surface area contributed by atoms with Gasteiger partial charge in [0.15, 0.2) is 0 Å². The van der Waals surface area contributed by atoms with Gasteiger partial charge in [-0.15, -0.1) is 0 Å². The Kier molecular flexibility index (Phi) is 6.36. The standard InChI is InChI=1S/C17H21NO5.C2HF3O2/c1-11-4-3-5-13(12(11)2)23-7-6-18-9-16(14(19)20)8-17(16,10-18)15(21)22;3-2(4,5)1(6)7/h3-5H,6-10H2,1-2H3,(H,19,20)(H,21,22);(H,6,7)/t16-,17+;. The third-order valence-corrected chi connectivity index (χ3v) is 5.66. The first-order valence-corrected chi connectivity index (χ1v) is 8.95. The first kappa shape index (κ1) is 23.5. The van der Waals surface area contributed by atoms with E-state index in [-0.39, 0.29) is 19.5 Å². The quantitative estimate of drug-likeness (QED) is 0.624. The second-order valence-electron chi connectivity index (χ2n) is 7.51.